The first kappa shape index (κ1) is 8.46. The molecule has 0 amide bonds. The van der Waals surface area contributed by atoms with Crippen molar-refractivity contribution in [1.29, 1.82) is 0 Å². The largest absolute Gasteiger partial charge is 0.478 e. The molecule has 52 valence electrons. The molecular weight excluding hydrogens is 144 g/mol. The minimum atomic E-state index is -1.06. The zero-order chi connectivity index (χ0) is 7.28. The maximum absolute atomic E-state index is 9.98. The summed E-state index contributed by atoms with van der Waals surface area (Å²) in [4.78, 5) is 9.98. The topological polar surface area (TPSA) is 46.5 Å². The molecule has 0 bridgehead atoms. The Bertz CT molecular complexity index is 121. The van der Waals surface area contributed by atoms with Crippen molar-refractivity contribution in [3.8, 4) is 0 Å². The summed E-state index contributed by atoms with van der Waals surface area (Å²) in [6, 6.07) is -0.00764. The van der Waals surface area contributed by atoms with E-state index in [1.807, 2.05) is 0 Å². The molecule has 3 nitrogen and oxygen atoms in total. The molecule has 0 spiro atoms. The molecule has 0 unspecified atom stereocenters. The Labute approximate surface area is 57.9 Å². The lowest BCUT2D eigenvalue weighted by Gasteiger charge is -1.96. The number of hydrogen-bond donors (Lipinski definition) is 1. The van der Waals surface area contributed by atoms with Gasteiger partial charge in [0.05, 0.1) is 12.2 Å². The lowest BCUT2D eigenvalue weighted by atomic mass is 10.3. The number of carboxylic acids is 1. The van der Waals surface area contributed by atoms with Crippen LogP contribution in [0.5, 0.6) is 0 Å². The van der Waals surface area contributed by atoms with Crippen molar-refractivity contribution in [3.63, 3.8) is 0 Å². The standard InChI is InChI=1S/C5H7ClO3/c1-4(5(7)8)2-9-3-6/h1-3H2,(H,7,8). The minimum absolute atomic E-state index is 0.00764. The van der Waals surface area contributed by atoms with Crippen LogP contribution in [0.25, 0.3) is 0 Å². The smallest absolute Gasteiger partial charge is 0.333 e. The maximum atomic E-state index is 9.98. The molecule has 0 saturated carbocycles. The third kappa shape index (κ3) is 4.00. The summed E-state index contributed by atoms with van der Waals surface area (Å²) in [6.07, 6.45) is 0. The summed E-state index contributed by atoms with van der Waals surface area (Å²) in [5.74, 6) is -1.06. The first-order chi connectivity index (χ1) is 4.18. The van der Waals surface area contributed by atoms with E-state index >= 15 is 0 Å². The van der Waals surface area contributed by atoms with Crippen LogP contribution < -0.4 is 0 Å². The predicted molar refractivity (Wildman–Crippen MR) is 33.4 cm³/mol. The van der Waals surface area contributed by atoms with E-state index in [1.54, 1.807) is 0 Å². The summed E-state index contributed by atoms with van der Waals surface area (Å²) in [6.45, 7) is 3.19. The molecule has 0 aromatic carbocycles. The molecule has 0 aliphatic heterocycles. The first-order valence-corrected chi connectivity index (χ1v) is 2.76. The summed E-state index contributed by atoms with van der Waals surface area (Å²) in [7, 11) is 0. The summed E-state index contributed by atoms with van der Waals surface area (Å²) in [5.41, 5.74) is 0.00986. The molecule has 4 heteroatoms. The third-order valence-electron chi connectivity index (χ3n) is 0.656. The number of hydrogen-bond acceptors (Lipinski definition) is 2. The SMILES string of the molecule is C=C(COCCl)C(=O)O. The van der Waals surface area contributed by atoms with Crippen LogP contribution in [0.4, 0.5) is 0 Å². The molecule has 0 saturated heterocycles. The van der Waals surface area contributed by atoms with Gasteiger partial charge in [0.25, 0.3) is 0 Å². The number of alkyl halides is 1. The molecule has 0 fully saturated rings. The van der Waals surface area contributed by atoms with Crippen LogP contribution in [0.2, 0.25) is 0 Å². The van der Waals surface area contributed by atoms with Crippen molar-refractivity contribution in [2.75, 3.05) is 12.7 Å². The van der Waals surface area contributed by atoms with Crippen molar-refractivity contribution in [2.45, 2.75) is 0 Å². The molecular formula is C5H7ClO3. The molecule has 0 aliphatic carbocycles. The van der Waals surface area contributed by atoms with E-state index in [1.165, 1.54) is 0 Å². The Morgan fingerprint density at radius 1 is 1.78 bits per heavy atom. The van der Waals surface area contributed by atoms with Crippen LogP contribution >= 0.6 is 11.6 Å². The number of aliphatic carboxylic acids is 1. The second-order valence-corrected chi connectivity index (χ2v) is 1.58. The van der Waals surface area contributed by atoms with Gasteiger partial charge in [-0.05, 0) is 0 Å². The Kier molecular flexibility index (Phi) is 4.09. The average molecular weight is 151 g/mol. The third-order valence-corrected chi connectivity index (χ3v) is 0.810. The summed E-state index contributed by atoms with van der Waals surface area (Å²) >= 11 is 5.09. The Morgan fingerprint density at radius 3 is 2.67 bits per heavy atom. The molecule has 0 heterocycles. The highest BCUT2D eigenvalue weighted by molar-refractivity contribution is 6.17. The first-order valence-electron chi connectivity index (χ1n) is 2.23. The quantitative estimate of drug-likeness (QED) is 0.477. The molecule has 1 N–H and O–H groups in total. The van der Waals surface area contributed by atoms with Gasteiger partial charge in [-0.1, -0.05) is 18.2 Å². The average Bonchev–Trinajstić information content (AvgIpc) is 1.82. The molecule has 0 radical (unpaired) electrons. The van der Waals surface area contributed by atoms with E-state index < -0.39 is 5.97 Å². The molecule has 9 heavy (non-hydrogen) atoms. The highest BCUT2D eigenvalue weighted by Crippen LogP contribution is 1.91. The zero-order valence-electron chi connectivity index (χ0n) is 4.76. The van der Waals surface area contributed by atoms with Crippen LogP contribution in [-0.2, 0) is 9.53 Å². The van der Waals surface area contributed by atoms with Gasteiger partial charge in [-0.3, -0.25) is 0 Å². The molecule has 0 aromatic heterocycles. The van der Waals surface area contributed by atoms with Crippen molar-refractivity contribution in [3.05, 3.63) is 12.2 Å². The van der Waals surface area contributed by atoms with Gasteiger partial charge in [0, 0.05) is 0 Å². The Balaban J connectivity index is 3.39. The highest BCUT2D eigenvalue weighted by atomic mass is 35.5. The second-order valence-electron chi connectivity index (χ2n) is 1.37. The van der Waals surface area contributed by atoms with Gasteiger partial charge in [0.2, 0.25) is 0 Å². The fourth-order valence-electron chi connectivity index (χ4n) is 0.224. The van der Waals surface area contributed by atoms with Crippen molar-refractivity contribution >= 4 is 17.6 Å². The number of carboxylic acid groups (broad SMARTS) is 1. The maximum Gasteiger partial charge on any atom is 0.333 e. The van der Waals surface area contributed by atoms with E-state index in [-0.39, 0.29) is 18.2 Å². The van der Waals surface area contributed by atoms with Gasteiger partial charge in [-0.15, -0.1) is 0 Å². The van der Waals surface area contributed by atoms with Crippen LogP contribution in [0.3, 0.4) is 0 Å². The van der Waals surface area contributed by atoms with Crippen molar-refractivity contribution < 1.29 is 14.6 Å². The van der Waals surface area contributed by atoms with E-state index in [0.717, 1.165) is 0 Å². The van der Waals surface area contributed by atoms with Gasteiger partial charge in [0.15, 0.2) is 0 Å². The van der Waals surface area contributed by atoms with E-state index in [2.05, 4.69) is 11.3 Å². The Hall–Kier alpha value is -0.540. The number of carbonyl (C=O) groups is 1. The zero-order valence-corrected chi connectivity index (χ0v) is 5.52. The molecule has 0 atom stereocenters. The van der Waals surface area contributed by atoms with Gasteiger partial charge in [0.1, 0.15) is 6.07 Å². The van der Waals surface area contributed by atoms with Gasteiger partial charge in [-0.25, -0.2) is 4.79 Å². The van der Waals surface area contributed by atoms with Crippen molar-refractivity contribution in [1.82, 2.24) is 0 Å². The van der Waals surface area contributed by atoms with E-state index in [0.29, 0.717) is 0 Å². The van der Waals surface area contributed by atoms with Gasteiger partial charge in [-0.2, -0.15) is 0 Å². The van der Waals surface area contributed by atoms with Crippen LogP contribution in [0.1, 0.15) is 0 Å². The normalized spacial score (nSPS) is 9.00. The fourth-order valence-corrected chi connectivity index (χ4v) is 0.301. The van der Waals surface area contributed by atoms with Gasteiger partial charge < -0.3 is 9.84 Å². The minimum Gasteiger partial charge on any atom is -0.478 e. The van der Waals surface area contributed by atoms with Crippen molar-refractivity contribution in [2.24, 2.45) is 0 Å². The monoisotopic (exact) mass is 150 g/mol. The Morgan fingerprint density at radius 2 is 2.33 bits per heavy atom. The lowest BCUT2D eigenvalue weighted by molar-refractivity contribution is -0.133. The summed E-state index contributed by atoms with van der Waals surface area (Å²) in [5, 5.41) is 8.19. The number of ether oxygens (including phenoxy) is 1. The second kappa shape index (κ2) is 4.35. The van der Waals surface area contributed by atoms with E-state index in [4.69, 9.17) is 16.7 Å². The number of halogens is 1. The molecule has 0 aromatic rings. The predicted octanol–water partition coefficient (Wildman–Crippen LogP) is 0.840. The fraction of sp³-hybridized carbons (Fsp3) is 0.400. The van der Waals surface area contributed by atoms with Gasteiger partial charge >= 0.3 is 5.97 Å². The lowest BCUT2D eigenvalue weighted by Crippen LogP contribution is -2.05. The molecule has 0 aliphatic rings. The summed E-state index contributed by atoms with van der Waals surface area (Å²) < 4.78 is 4.54. The van der Waals surface area contributed by atoms with Crippen LogP contribution in [0.15, 0.2) is 12.2 Å². The van der Waals surface area contributed by atoms with Crippen LogP contribution in [-0.4, -0.2) is 23.7 Å². The molecule has 0 rings (SSSR count). The van der Waals surface area contributed by atoms with E-state index in [9.17, 15) is 4.79 Å². The van der Waals surface area contributed by atoms with Crippen LogP contribution in [0, 0.1) is 0 Å². The highest BCUT2D eigenvalue weighted by Gasteiger charge is 2.01. The number of rotatable bonds is 4.